The van der Waals surface area contributed by atoms with E-state index in [1.165, 1.54) is 0 Å². The number of thiazole rings is 1. The Morgan fingerprint density at radius 2 is 2.43 bits per heavy atom. The lowest BCUT2D eigenvalue weighted by Gasteiger charge is -2.34. The third-order valence-electron chi connectivity index (χ3n) is 3.49. The number of aliphatic hydroxyl groups excluding tert-OH is 1. The first-order chi connectivity index (χ1) is 10.1. The summed E-state index contributed by atoms with van der Waals surface area (Å²) in [6, 6.07) is 6.02. The van der Waals surface area contributed by atoms with Gasteiger partial charge in [0.2, 0.25) is 0 Å². The number of ether oxygens (including phenoxy) is 1. The van der Waals surface area contributed by atoms with Gasteiger partial charge in [-0.2, -0.15) is 0 Å². The van der Waals surface area contributed by atoms with Crippen LogP contribution in [-0.2, 0) is 0 Å². The quantitative estimate of drug-likeness (QED) is 0.898. The molecule has 0 radical (unpaired) electrons. The summed E-state index contributed by atoms with van der Waals surface area (Å²) in [7, 11) is 0. The molecule has 0 spiro atoms. The van der Waals surface area contributed by atoms with Gasteiger partial charge in [0.05, 0.1) is 21.3 Å². The van der Waals surface area contributed by atoms with Crippen molar-refractivity contribution in [3.63, 3.8) is 0 Å². The predicted molar refractivity (Wildman–Crippen MR) is 84.9 cm³/mol. The highest BCUT2D eigenvalue weighted by molar-refractivity contribution is 7.18. The molecular formula is C15H21N3O2S. The molecule has 0 bridgehead atoms. The summed E-state index contributed by atoms with van der Waals surface area (Å²) >= 11 is 1.68. The van der Waals surface area contributed by atoms with Gasteiger partial charge in [0.25, 0.3) is 0 Å². The van der Waals surface area contributed by atoms with Crippen molar-refractivity contribution < 1.29 is 9.84 Å². The van der Waals surface area contributed by atoms with Crippen molar-refractivity contribution in [1.82, 2.24) is 15.2 Å². The maximum atomic E-state index is 9.49. The molecule has 2 unspecified atom stereocenters. The standard InChI is InChI=1S/C15H21N3O2S/c1-10(19)8-18-6-5-16-15(9-18)20-12-3-4-13-14(7-12)21-11(2)17-13/h3-4,7,10,15-16,19H,5-6,8-9H2,1-2H3. The molecule has 21 heavy (non-hydrogen) atoms. The number of aliphatic hydroxyl groups is 1. The zero-order chi connectivity index (χ0) is 14.8. The van der Waals surface area contributed by atoms with E-state index in [2.05, 4.69) is 21.3 Å². The van der Waals surface area contributed by atoms with Gasteiger partial charge in [-0.05, 0) is 32.0 Å². The van der Waals surface area contributed by atoms with Crippen molar-refractivity contribution in [2.24, 2.45) is 0 Å². The summed E-state index contributed by atoms with van der Waals surface area (Å²) in [5.41, 5.74) is 1.03. The Bertz CT molecular complexity index is 614. The van der Waals surface area contributed by atoms with Crippen LogP contribution >= 0.6 is 11.3 Å². The zero-order valence-electron chi connectivity index (χ0n) is 12.4. The van der Waals surface area contributed by atoms with E-state index < -0.39 is 0 Å². The summed E-state index contributed by atoms with van der Waals surface area (Å²) < 4.78 is 7.18. The number of piperazine rings is 1. The lowest BCUT2D eigenvalue weighted by molar-refractivity contribution is 0.0463. The van der Waals surface area contributed by atoms with Crippen molar-refractivity contribution in [2.75, 3.05) is 26.2 Å². The van der Waals surface area contributed by atoms with Gasteiger partial charge in [0, 0.05) is 26.2 Å². The van der Waals surface area contributed by atoms with Gasteiger partial charge in [-0.3, -0.25) is 10.2 Å². The fraction of sp³-hybridized carbons (Fsp3) is 0.533. The summed E-state index contributed by atoms with van der Waals surface area (Å²) in [4.78, 5) is 6.68. The fourth-order valence-electron chi connectivity index (χ4n) is 2.65. The number of β-amino-alcohol motifs (C(OH)–C–C–N with tert-alkyl or cyclic N) is 1. The molecule has 0 saturated carbocycles. The van der Waals surface area contributed by atoms with Crippen molar-refractivity contribution >= 4 is 21.6 Å². The molecule has 6 heteroatoms. The van der Waals surface area contributed by atoms with E-state index >= 15 is 0 Å². The lowest BCUT2D eigenvalue weighted by Crippen LogP contribution is -2.54. The SMILES string of the molecule is Cc1nc2ccc(OC3CN(CC(C)O)CCN3)cc2s1. The zero-order valence-corrected chi connectivity index (χ0v) is 13.2. The highest BCUT2D eigenvalue weighted by Crippen LogP contribution is 2.26. The molecule has 0 amide bonds. The second-order valence-corrected chi connectivity index (χ2v) is 6.77. The molecule has 3 rings (SSSR count). The third-order valence-corrected chi connectivity index (χ3v) is 4.43. The molecule has 2 heterocycles. The molecule has 5 nitrogen and oxygen atoms in total. The van der Waals surface area contributed by atoms with Crippen LogP contribution in [0.5, 0.6) is 5.75 Å². The monoisotopic (exact) mass is 307 g/mol. The number of nitrogens with zero attached hydrogens (tertiary/aromatic N) is 2. The number of hydrogen-bond acceptors (Lipinski definition) is 6. The number of aromatic nitrogens is 1. The molecule has 1 aliphatic heterocycles. The maximum Gasteiger partial charge on any atom is 0.163 e. The average Bonchev–Trinajstić information content (AvgIpc) is 2.77. The molecule has 2 aromatic rings. The van der Waals surface area contributed by atoms with E-state index in [1.807, 2.05) is 26.0 Å². The first-order valence-corrected chi connectivity index (χ1v) is 8.09. The first-order valence-electron chi connectivity index (χ1n) is 7.28. The molecule has 1 aliphatic rings. The number of rotatable bonds is 4. The van der Waals surface area contributed by atoms with E-state index in [0.29, 0.717) is 6.54 Å². The van der Waals surface area contributed by atoms with Gasteiger partial charge >= 0.3 is 0 Å². The average molecular weight is 307 g/mol. The van der Waals surface area contributed by atoms with Crippen molar-refractivity contribution in [1.29, 1.82) is 0 Å². The number of nitrogens with one attached hydrogen (secondary N) is 1. The van der Waals surface area contributed by atoms with Gasteiger partial charge < -0.3 is 9.84 Å². The third kappa shape index (κ3) is 3.71. The summed E-state index contributed by atoms with van der Waals surface area (Å²) in [5.74, 6) is 0.863. The topological polar surface area (TPSA) is 57.6 Å². The van der Waals surface area contributed by atoms with Crippen LogP contribution in [0.4, 0.5) is 0 Å². The minimum absolute atomic E-state index is 0.0380. The van der Waals surface area contributed by atoms with Gasteiger partial charge in [-0.15, -0.1) is 11.3 Å². The molecule has 114 valence electrons. The fourth-order valence-corrected chi connectivity index (χ4v) is 3.51. The second kappa shape index (κ2) is 6.27. The van der Waals surface area contributed by atoms with E-state index in [-0.39, 0.29) is 12.3 Å². The van der Waals surface area contributed by atoms with Gasteiger partial charge in [0.1, 0.15) is 5.75 Å². The molecule has 2 atom stereocenters. The van der Waals surface area contributed by atoms with Gasteiger partial charge in [-0.1, -0.05) is 0 Å². The van der Waals surface area contributed by atoms with Crippen LogP contribution < -0.4 is 10.1 Å². The van der Waals surface area contributed by atoms with Crippen LogP contribution in [-0.4, -0.2) is 53.5 Å². The van der Waals surface area contributed by atoms with E-state index in [1.54, 1.807) is 11.3 Å². The van der Waals surface area contributed by atoms with Gasteiger partial charge in [-0.25, -0.2) is 4.98 Å². The molecular weight excluding hydrogens is 286 g/mol. The first kappa shape index (κ1) is 14.7. The number of fused-ring (bicyclic) bond motifs is 1. The number of hydrogen-bond donors (Lipinski definition) is 2. The largest absolute Gasteiger partial charge is 0.474 e. The Hall–Kier alpha value is -1.21. The minimum Gasteiger partial charge on any atom is -0.474 e. The van der Waals surface area contributed by atoms with Crippen LogP contribution in [0.25, 0.3) is 10.2 Å². The smallest absolute Gasteiger partial charge is 0.163 e. The van der Waals surface area contributed by atoms with Crippen LogP contribution in [0.2, 0.25) is 0 Å². The Balaban J connectivity index is 1.66. The lowest BCUT2D eigenvalue weighted by atomic mass is 10.3. The highest BCUT2D eigenvalue weighted by Gasteiger charge is 2.21. The maximum absolute atomic E-state index is 9.49. The molecule has 2 N–H and O–H groups in total. The predicted octanol–water partition coefficient (Wildman–Crippen LogP) is 1.60. The Kier molecular flexibility index (Phi) is 4.40. The van der Waals surface area contributed by atoms with Crippen molar-refractivity contribution in [3.05, 3.63) is 23.2 Å². The van der Waals surface area contributed by atoms with Gasteiger partial charge in [0.15, 0.2) is 6.23 Å². The van der Waals surface area contributed by atoms with Crippen molar-refractivity contribution in [3.8, 4) is 5.75 Å². The highest BCUT2D eigenvalue weighted by atomic mass is 32.1. The van der Waals surface area contributed by atoms with Crippen LogP contribution in [0.15, 0.2) is 18.2 Å². The molecule has 1 aromatic carbocycles. The van der Waals surface area contributed by atoms with Crippen LogP contribution in [0.3, 0.4) is 0 Å². The Morgan fingerprint density at radius 1 is 1.57 bits per heavy atom. The van der Waals surface area contributed by atoms with E-state index in [9.17, 15) is 5.11 Å². The number of benzene rings is 1. The second-order valence-electron chi connectivity index (χ2n) is 5.53. The summed E-state index contributed by atoms with van der Waals surface area (Å²) in [6.45, 7) is 7.12. The van der Waals surface area contributed by atoms with Crippen LogP contribution in [0.1, 0.15) is 11.9 Å². The Labute approximate surface area is 128 Å². The summed E-state index contributed by atoms with van der Waals surface area (Å²) in [6.07, 6.45) is -0.343. The summed E-state index contributed by atoms with van der Waals surface area (Å²) in [5, 5.41) is 13.9. The molecule has 0 aliphatic carbocycles. The van der Waals surface area contributed by atoms with Crippen molar-refractivity contribution in [2.45, 2.75) is 26.2 Å². The normalized spacial score (nSPS) is 21.6. The van der Waals surface area contributed by atoms with Crippen LogP contribution in [0, 0.1) is 6.92 Å². The van der Waals surface area contributed by atoms with E-state index in [0.717, 1.165) is 40.6 Å². The Morgan fingerprint density at radius 3 is 3.24 bits per heavy atom. The van der Waals surface area contributed by atoms with E-state index in [4.69, 9.17) is 4.74 Å². The number of aryl methyl sites for hydroxylation is 1. The molecule has 1 saturated heterocycles. The minimum atomic E-state index is -0.305. The molecule has 1 fully saturated rings. The molecule has 1 aromatic heterocycles.